The first-order valence-electron chi connectivity index (χ1n) is 6.78. The molecule has 0 aliphatic carbocycles. The van der Waals surface area contributed by atoms with Crippen molar-refractivity contribution in [2.45, 2.75) is 58.0 Å². The molecule has 0 amide bonds. The molecule has 0 aliphatic heterocycles. The zero-order chi connectivity index (χ0) is 14.8. The molecule has 19 heavy (non-hydrogen) atoms. The van der Waals surface area contributed by atoms with E-state index in [0.29, 0.717) is 0 Å². The van der Waals surface area contributed by atoms with E-state index in [2.05, 4.69) is 33.9 Å². The fraction of sp³-hybridized carbons (Fsp3) is 0.600. The second-order valence-electron chi connectivity index (χ2n) is 6.67. The number of aliphatic hydroxyl groups is 1. The topological polar surface area (TPSA) is 55.5 Å². The van der Waals surface area contributed by atoms with Crippen LogP contribution >= 0.6 is 0 Å². The minimum atomic E-state index is -1.89. The van der Waals surface area contributed by atoms with Gasteiger partial charge in [-0.05, 0) is 31.1 Å². The van der Waals surface area contributed by atoms with E-state index in [9.17, 15) is 5.11 Å². The second kappa shape index (κ2) is 5.65. The molecule has 1 aromatic rings. The average molecular weight is 281 g/mol. The Hall–Kier alpha value is -0.843. The number of benzene rings is 1. The van der Waals surface area contributed by atoms with Crippen LogP contribution in [0.15, 0.2) is 24.3 Å². The molecule has 3 nitrogen and oxygen atoms in total. The molecule has 0 saturated carbocycles. The van der Waals surface area contributed by atoms with Crippen LogP contribution in [0.3, 0.4) is 0 Å². The number of para-hydroxylation sites is 1. The lowest BCUT2D eigenvalue weighted by molar-refractivity contribution is 0.163. The van der Waals surface area contributed by atoms with E-state index in [4.69, 9.17) is 10.2 Å². The minimum Gasteiger partial charge on any atom is -0.543 e. The first-order valence-corrected chi connectivity index (χ1v) is 9.68. The van der Waals surface area contributed by atoms with E-state index in [1.807, 2.05) is 24.3 Å². The van der Waals surface area contributed by atoms with Crippen molar-refractivity contribution in [1.29, 1.82) is 0 Å². The Morgan fingerprint density at radius 1 is 1.21 bits per heavy atom. The predicted octanol–water partition coefficient (Wildman–Crippen LogP) is 3.45. The standard InChI is InChI=1S/C15H27NO2Si/c1-11(17)14(16)12-9-7-8-10-13(12)18-19(5,6)15(2,3)4/h7-11,14,17H,16H2,1-6H3. The molecule has 2 atom stereocenters. The summed E-state index contributed by atoms with van der Waals surface area (Å²) in [5, 5.41) is 9.82. The Bertz CT molecular complexity index is 424. The zero-order valence-electron chi connectivity index (χ0n) is 12.9. The maximum absolute atomic E-state index is 9.69. The van der Waals surface area contributed by atoms with Gasteiger partial charge in [-0.25, -0.2) is 0 Å². The lowest BCUT2D eigenvalue weighted by Gasteiger charge is -2.37. The van der Waals surface area contributed by atoms with E-state index in [-0.39, 0.29) is 5.04 Å². The lowest BCUT2D eigenvalue weighted by atomic mass is 10.0. The molecular formula is C15H27NO2Si. The van der Waals surface area contributed by atoms with Crippen molar-refractivity contribution < 1.29 is 9.53 Å². The van der Waals surface area contributed by atoms with Crippen LogP contribution in [0.4, 0.5) is 0 Å². The van der Waals surface area contributed by atoms with Gasteiger partial charge in [0.15, 0.2) is 0 Å². The zero-order valence-corrected chi connectivity index (χ0v) is 13.9. The van der Waals surface area contributed by atoms with Gasteiger partial charge >= 0.3 is 0 Å². The van der Waals surface area contributed by atoms with Gasteiger partial charge in [0.05, 0.1) is 12.1 Å². The summed E-state index contributed by atoms with van der Waals surface area (Å²) in [6.45, 7) is 12.7. The summed E-state index contributed by atoms with van der Waals surface area (Å²) >= 11 is 0. The molecule has 0 bridgehead atoms. The highest BCUT2D eigenvalue weighted by atomic mass is 28.4. The molecule has 0 fully saturated rings. The van der Waals surface area contributed by atoms with Crippen molar-refractivity contribution in [3.63, 3.8) is 0 Å². The first kappa shape index (κ1) is 16.2. The molecule has 0 aliphatic rings. The van der Waals surface area contributed by atoms with E-state index in [1.165, 1.54) is 0 Å². The van der Waals surface area contributed by atoms with Gasteiger partial charge in [-0.1, -0.05) is 39.0 Å². The van der Waals surface area contributed by atoms with Crippen LogP contribution in [0.2, 0.25) is 18.1 Å². The monoisotopic (exact) mass is 281 g/mol. The molecule has 1 rings (SSSR count). The SMILES string of the molecule is CC(O)C(N)c1ccccc1O[Si](C)(C)C(C)(C)C. The van der Waals surface area contributed by atoms with Crippen LogP contribution in [-0.2, 0) is 0 Å². The van der Waals surface area contributed by atoms with Gasteiger partial charge in [-0.3, -0.25) is 0 Å². The molecule has 0 spiro atoms. The maximum Gasteiger partial charge on any atom is 0.250 e. The molecule has 0 heterocycles. The fourth-order valence-corrected chi connectivity index (χ4v) is 2.58. The molecule has 0 radical (unpaired) electrons. The molecule has 4 heteroatoms. The van der Waals surface area contributed by atoms with Gasteiger partial charge < -0.3 is 15.3 Å². The van der Waals surface area contributed by atoms with Gasteiger partial charge in [-0.2, -0.15) is 0 Å². The van der Waals surface area contributed by atoms with Crippen LogP contribution in [0, 0.1) is 0 Å². The van der Waals surface area contributed by atoms with Crippen LogP contribution in [0.1, 0.15) is 39.3 Å². The lowest BCUT2D eigenvalue weighted by Crippen LogP contribution is -2.44. The Morgan fingerprint density at radius 3 is 2.21 bits per heavy atom. The normalized spacial score (nSPS) is 16.0. The van der Waals surface area contributed by atoms with E-state index >= 15 is 0 Å². The highest BCUT2D eigenvalue weighted by Gasteiger charge is 2.39. The van der Waals surface area contributed by atoms with Crippen molar-refractivity contribution >= 4 is 8.32 Å². The van der Waals surface area contributed by atoms with Crippen LogP contribution in [-0.4, -0.2) is 19.5 Å². The van der Waals surface area contributed by atoms with E-state index < -0.39 is 20.5 Å². The summed E-state index contributed by atoms with van der Waals surface area (Å²) < 4.78 is 6.32. The van der Waals surface area contributed by atoms with E-state index in [0.717, 1.165) is 11.3 Å². The largest absolute Gasteiger partial charge is 0.543 e. The first-order chi connectivity index (χ1) is 8.56. The molecular weight excluding hydrogens is 254 g/mol. The van der Waals surface area contributed by atoms with Gasteiger partial charge in [0, 0.05) is 5.56 Å². The van der Waals surface area contributed by atoms with Gasteiger partial charge in [0.25, 0.3) is 0 Å². The van der Waals surface area contributed by atoms with Crippen molar-refractivity contribution in [2.24, 2.45) is 5.73 Å². The van der Waals surface area contributed by atoms with Crippen molar-refractivity contribution in [3.05, 3.63) is 29.8 Å². The Labute approximate surface area is 117 Å². The molecule has 108 valence electrons. The van der Waals surface area contributed by atoms with Gasteiger partial charge in [-0.15, -0.1) is 0 Å². The molecule has 2 unspecified atom stereocenters. The molecule has 0 saturated heterocycles. The van der Waals surface area contributed by atoms with Crippen molar-refractivity contribution in [3.8, 4) is 5.75 Å². The minimum absolute atomic E-state index is 0.134. The third kappa shape index (κ3) is 3.81. The highest BCUT2D eigenvalue weighted by Crippen LogP contribution is 2.39. The Balaban J connectivity index is 3.09. The molecule has 1 aromatic carbocycles. The van der Waals surface area contributed by atoms with Crippen LogP contribution in [0.25, 0.3) is 0 Å². The van der Waals surface area contributed by atoms with Crippen LogP contribution < -0.4 is 10.2 Å². The Morgan fingerprint density at radius 2 is 1.74 bits per heavy atom. The van der Waals surface area contributed by atoms with E-state index in [1.54, 1.807) is 6.92 Å². The maximum atomic E-state index is 9.69. The third-order valence-corrected chi connectivity index (χ3v) is 8.31. The average Bonchev–Trinajstić information content (AvgIpc) is 2.26. The number of aliphatic hydroxyl groups excluding tert-OH is 1. The highest BCUT2D eigenvalue weighted by molar-refractivity contribution is 6.74. The fourth-order valence-electron chi connectivity index (χ4n) is 1.54. The number of hydrogen-bond acceptors (Lipinski definition) is 3. The van der Waals surface area contributed by atoms with Crippen LogP contribution in [0.5, 0.6) is 5.75 Å². The third-order valence-electron chi connectivity index (χ3n) is 3.97. The number of rotatable bonds is 4. The van der Waals surface area contributed by atoms with Crippen molar-refractivity contribution in [1.82, 2.24) is 0 Å². The second-order valence-corrected chi connectivity index (χ2v) is 11.4. The molecule has 3 N–H and O–H groups in total. The predicted molar refractivity (Wildman–Crippen MR) is 82.9 cm³/mol. The van der Waals surface area contributed by atoms with Gasteiger partial charge in [0.2, 0.25) is 8.32 Å². The number of nitrogens with two attached hydrogens (primary N) is 1. The summed E-state index contributed by atoms with van der Waals surface area (Å²) in [4.78, 5) is 0. The summed E-state index contributed by atoms with van der Waals surface area (Å²) in [5.74, 6) is 0.808. The smallest absolute Gasteiger partial charge is 0.250 e. The summed E-state index contributed by atoms with van der Waals surface area (Å²) in [7, 11) is -1.89. The number of hydrogen-bond donors (Lipinski definition) is 2. The summed E-state index contributed by atoms with van der Waals surface area (Å²) in [5.41, 5.74) is 6.93. The van der Waals surface area contributed by atoms with Gasteiger partial charge in [0.1, 0.15) is 5.75 Å². The molecule has 0 aromatic heterocycles. The van der Waals surface area contributed by atoms with Crippen molar-refractivity contribution in [2.75, 3.05) is 0 Å². The summed E-state index contributed by atoms with van der Waals surface area (Å²) in [6.07, 6.45) is -0.593. The quantitative estimate of drug-likeness (QED) is 0.831. The summed E-state index contributed by atoms with van der Waals surface area (Å²) in [6, 6.07) is 7.33. The Kier molecular flexibility index (Phi) is 4.82.